The molecule has 1 amide bonds. The topological polar surface area (TPSA) is 74.8 Å². The summed E-state index contributed by atoms with van der Waals surface area (Å²) in [4.78, 5) is 11.1. The van der Waals surface area contributed by atoms with Crippen LogP contribution in [0.15, 0.2) is 11.2 Å². The average molecular weight is 288 g/mol. The Labute approximate surface area is 123 Å². The maximum atomic E-state index is 11.1. The van der Waals surface area contributed by atoms with Crippen LogP contribution in [0, 0.1) is 6.92 Å². The number of fused-ring (bicyclic) bond motifs is 3. The molecule has 0 fully saturated rings. The number of aryl methyl sites for hydroxylation is 1. The highest BCUT2D eigenvalue weighted by Gasteiger charge is 2.35. The number of hydrazone groups is 1. The Morgan fingerprint density at radius 2 is 2.19 bits per heavy atom. The van der Waals surface area contributed by atoms with E-state index in [1.807, 2.05) is 26.8 Å². The third-order valence-electron chi connectivity index (χ3n) is 3.80. The monoisotopic (exact) mass is 288 g/mol. The predicted molar refractivity (Wildman–Crippen MR) is 83.0 cm³/mol. The van der Waals surface area contributed by atoms with E-state index >= 15 is 0 Å². The molecule has 1 aromatic carbocycles. The fourth-order valence-electron chi connectivity index (χ4n) is 2.71. The first-order valence-corrected chi connectivity index (χ1v) is 7.08. The summed E-state index contributed by atoms with van der Waals surface area (Å²) < 4.78 is 5.66. The lowest BCUT2D eigenvalue weighted by Gasteiger charge is -2.37. The average Bonchev–Trinajstić information content (AvgIpc) is 2.84. The highest BCUT2D eigenvalue weighted by atomic mass is 16.5. The van der Waals surface area contributed by atoms with Gasteiger partial charge in [0, 0.05) is 18.9 Å². The van der Waals surface area contributed by atoms with Crippen molar-refractivity contribution in [1.82, 2.24) is 5.43 Å². The molecule has 3 rings (SSSR count). The van der Waals surface area contributed by atoms with Gasteiger partial charge in [0.2, 0.25) is 5.91 Å². The van der Waals surface area contributed by atoms with Gasteiger partial charge in [-0.1, -0.05) is 0 Å². The molecule has 0 spiro atoms. The van der Waals surface area contributed by atoms with Crippen LogP contribution >= 0.6 is 0 Å². The van der Waals surface area contributed by atoms with Crippen molar-refractivity contribution in [3.05, 3.63) is 17.2 Å². The SMILES string of the molecule is CC(=O)NN=C1Nc2c(C)cc3c(c2NC1(C)C)CCO3. The van der Waals surface area contributed by atoms with Crippen molar-refractivity contribution in [1.29, 1.82) is 0 Å². The maximum absolute atomic E-state index is 11.1. The minimum absolute atomic E-state index is 0.190. The summed E-state index contributed by atoms with van der Waals surface area (Å²) in [7, 11) is 0. The molecule has 0 atom stereocenters. The second kappa shape index (κ2) is 4.65. The maximum Gasteiger partial charge on any atom is 0.237 e. The molecule has 0 saturated carbocycles. The fourth-order valence-corrected chi connectivity index (χ4v) is 2.71. The summed E-state index contributed by atoms with van der Waals surface area (Å²) in [6.07, 6.45) is 0.904. The van der Waals surface area contributed by atoms with E-state index in [-0.39, 0.29) is 5.91 Å². The summed E-state index contributed by atoms with van der Waals surface area (Å²) in [5.74, 6) is 1.45. The van der Waals surface area contributed by atoms with Crippen LogP contribution in [0.4, 0.5) is 11.4 Å². The number of rotatable bonds is 1. The number of amidine groups is 1. The van der Waals surface area contributed by atoms with Crippen LogP contribution < -0.4 is 20.8 Å². The van der Waals surface area contributed by atoms with Gasteiger partial charge in [0.25, 0.3) is 0 Å². The molecule has 21 heavy (non-hydrogen) atoms. The van der Waals surface area contributed by atoms with Crippen LogP contribution in [-0.4, -0.2) is 23.9 Å². The van der Waals surface area contributed by atoms with Crippen LogP contribution in [0.5, 0.6) is 5.75 Å². The molecule has 0 aliphatic carbocycles. The first kappa shape index (κ1) is 13.7. The largest absolute Gasteiger partial charge is 0.493 e. The van der Waals surface area contributed by atoms with Gasteiger partial charge in [-0.25, -0.2) is 5.43 Å². The number of ether oxygens (including phenoxy) is 1. The lowest BCUT2D eigenvalue weighted by Crippen LogP contribution is -2.49. The summed E-state index contributed by atoms with van der Waals surface area (Å²) in [5, 5.41) is 11.1. The molecule has 0 aromatic heterocycles. The Kier molecular flexibility index (Phi) is 3.04. The van der Waals surface area contributed by atoms with Crippen molar-refractivity contribution < 1.29 is 9.53 Å². The molecule has 1 aromatic rings. The summed E-state index contributed by atoms with van der Waals surface area (Å²) in [6.45, 7) is 8.24. The van der Waals surface area contributed by atoms with Gasteiger partial charge >= 0.3 is 0 Å². The van der Waals surface area contributed by atoms with Gasteiger partial charge in [-0.2, -0.15) is 5.10 Å². The summed E-state index contributed by atoms with van der Waals surface area (Å²) >= 11 is 0. The Bertz CT molecular complexity index is 650. The van der Waals surface area contributed by atoms with Crippen molar-refractivity contribution in [3.63, 3.8) is 0 Å². The normalized spacial score (nSPS) is 19.9. The lowest BCUT2D eigenvalue weighted by molar-refractivity contribution is -0.118. The predicted octanol–water partition coefficient (Wildman–Crippen LogP) is 2.00. The molecule has 6 nitrogen and oxygen atoms in total. The molecular formula is C15H20N4O2. The zero-order valence-electron chi connectivity index (χ0n) is 12.8. The van der Waals surface area contributed by atoms with Gasteiger partial charge in [-0.15, -0.1) is 0 Å². The zero-order valence-corrected chi connectivity index (χ0v) is 12.8. The molecule has 112 valence electrons. The van der Waals surface area contributed by atoms with E-state index in [0.29, 0.717) is 5.84 Å². The van der Waals surface area contributed by atoms with E-state index in [9.17, 15) is 4.79 Å². The van der Waals surface area contributed by atoms with E-state index in [2.05, 4.69) is 21.2 Å². The van der Waals surface area contributed by atoms with Crippen LogP contribution in [0.3, 0.4) is 0 Å². The molecule has 2 aliphatic heterocycles. The van der Waals surface area contributed by atoms with Gasteiger partial charge in [0.05, 0.1) is 23.5 Å². The Balaban J connectivity index is 2.06. The molecule has 0 radical (unpaired) electrons. The standard InChI is InChI=1S/C15H20N4O2/c1-8-7-11-10(5-6-21-11)13-12(8)16-14(15(3,4)17-13)19-18-9(2)20/h7,17H,5-6H2,1-4H3,(H,16,19)(H,18,20). The van der Waals surface area contributed by atoms with E-state index < -0.39 is 5.54 Å². The third kappa shape index (κ3) is 2.30. The second-order valence-electron chi connectivity index (χ2n) is 6.02. The Morgan fingerprint density at radius 1 is 1.43 bits per heavy atom. The van der Waals surface area contributed by atoms with Crippen LogP contribution in [0.25, 0.3) is 0 Å². The van der Waals surface area contributed by atoms with Crippen LogP contribution in [0.1, 0.15) is 31.9 Å². The summed E-state index contributed by atoms with van der Waals surface area (Å²) in [5.41, 5.74) is 6.46. The van der Waals surface area contributed by atoms with Gasteiger partial charge < -0.3 is 15.4 Å². The molecular weight excluding hydrogens is 268 g/mol. The van der Waals surface area contributed by atoms with Gasteiger partial charge in [0.15, 0.2) is 5.84 Å². The van der Waals surface area contributed by atoms with Crippen LogP contribution in [0.2, 0.25) is 0 Å². The third-order valence-corrected chi connectivity index (χ3v) is 3.80. The quantitative estimate of drug-likeness (QED) is 0.691. The van der Waals surface area contributed by atoms with Gasteiger partial charge in [-0.05, 0) is 32.4 Å². The highest BCUT2D eigenvalue weighted by molar-refractivity contribution is 6.10. The van der Waals surface area contributed by atoms with E-state index in [0.717, 1.165) is 35.7 Å². The smallest absolute Gasteiger partial charge is 0.237 e. The molecule has 0 bridgehead atoms. The van der Waals surface area contributed by atoms with Crippen molar-refractivity contribution in [2.75, 3.05) is 17.2 Å². The number of carbonyl (C=O) groups excluding carboxylic acids is 1. The van der Waals surface area contributed by atoms with Crippen LogP contribution in [-0.2, 0) is 11.2 Å². The Morgan fingerprint density at radius 3 is 2.90 bits per heavy atom. The van der Waals surface area contributed by atoms with Crippen molar-refractivity contribution in [3.8, 4) is 5.75 Å². The van der Waals surface area contributed by atoms with Gasteiger partial charge in [-0.3, -0.25) is 4.79 Å². The second-order valence-corrected chi connectivity index (χ2v) is 6.02. The zero-order chi connectivity index (χ0) is 15.2. The molecule has 6 heteroatoms. The number of hydrogen-bond acceptors (Lipinski definition) is 4. The molecule has 0 unspecified atom stereocenters. The van der Waals surface area contributed by atoms with E-state index in [1.54, 1.807) is 0 Å². The van der Waals surface area contributed by atoms with Crippen molar-refractivity contribution in [2.45, 2.75) is 39.7 Å². The number of nitrogens with zero attached hydrogens (tertiary/aromatic N) is 1. The van der Waals surface area contributed by atoms with E-state index in [4.69, 9.17) is 4.74 Å². The number of carbonyl (C=O) groups is 1. The molecule has 2 aliphatic rings. The number of anilines is 2. The molecule has 0 saturated heterocycles. The first-order valence-electron chi connectivity index (χ1n) is 7.08. The van der Waals surface area contributed by atoms with Crippen molar-refractivity contribution in [2.24, 2.45) is 5.10 Å². The summed E-state index contributed by atoms with van der Waals surface area (Å²) in [6, 6.07) is 2.05. The number of hydrogen-bond donors (Lipinski definition) is 3. The number of nitrogens with one attached hydrogen (secondary N) is 3. The van der Waals surface area contributed by atoms with E-state index in [1.165, 1.54) is 12.5 Å². The minimum atomic E-state index is -0.403. The lowest BCUT2D eigenvalue weighted by atomic mass is 9.94. The first-order chi connectivity index (χ1) is 9.88. The molecule has 2 heterocycles. The molecule has 3 N–H and O–H groups in total. The minimum Gasteiger partial charge on any atom is -0.493 e. The number of benzene rings is 1. The number of amides is 1. The Hall–Kier alpha value is -2.24. The van der Waals surface area contributed by atoms with Crippen molar-refractivity contribution >= 4 is 23.1 Å². The van der Waals surface area contributed by atoms with Gasteiger partial charge in [0.1, 0.15) is 5.75 Å². The highest BCUT2D eigenvalue weighted by Crippen LogP contribution is 2.43. The fraction of sp³-hybridized carbons (Fsp3) is 0.467.